The second-order valence-electron chi connectivity index (χ2n) is 3.80. The molecule has 0 radical (unpaired) electrons. The van der Waals surface area contributed by atoms with Gasteiger partial charge in [-0.25, -0.2) is 0 Å². The minimum absolute atomic E-state index is 0.334. The predicted octanol–water partition coefficient (Wildman–Crippen LogP) is 0.736. The Morgan fingerprint density at radius 1 is 1.47 bits per heavy atom. The van der Waals surface area contributed by atoms with E-state index >= 15 is 0 Å². The van der Waals surface area contributed by atoms with Gasteiger partial charge in [-0.3, -0.25) is 4.79 Å². The zero-order valence-electron chi connectivity index (χ0n) is 9.29. The number of nitrogens with zero attached hydrogens (tertiary/aromatic N) is 1. The van der Waals surface area contributed by atoms with Gasteiger partial charge in [0.2, 0.25) is 0 Å². The highest BCUT2D eigenvalue weighted by Gasteiger charge is 2.21. The molecule has 0 heterocycles. The van der Waals surface area contributed by atoms with E-state index in [4.69, 9.17) is 10.4 Å². The van der Waals surface area contributed by atoms with E-state index < -0.39 is 24.6 Å². The molecule has 17 heavy (non-hydrogen) atoms. The van der Waals surface area contributed by atoms with Crippen LogP contribution >= 0.6 is 0 Å². The molecule has 90 valence electrons. The average molecular weight is 235 g/mol. The lowest BCUT2D eigenvalue weighted by atomic mass is 9.98. The standard InChI is InChI=1S/C12H13NO4/c1-7-2-3-8(4-9(7)6-13)12(17)10(14)5-11(15)16/h2-4,10,12,14,17H,5H2,1H3,(H,15,16). The molecule has 0 aliphatic rings. The predicted molar refractivity (Wildman–Crippen MR) is 59.1 cm³/mol. The molecule has 5 nitrogen and oxygen atoms in total. The van der Waals surface area contributed by atoms with Crippen molar-refractivity contribution in [2.24, 2.45) is 0 Å². The molecular formula is C12H13NO4. The summed E-state index contributed by atoms with van der Waals surface area (Å²) in [7, 11) is 0. The number of aliphatic hydroxyl groups excluding tert-OH is 2. The van der Waals surface area contributed by atoms with Gasteiger partial charge in [-0.15, -0.1) is 0 Å². The van der Waals surface area contributed by atoms with E-state index in [1.54, 1.807) is 19.1 Å². The quantitative estimate of drug-likeness (QED) is 0.714. The molecule has 1 aromatic rings. The average Bonchev–Trinajstić information content (AvgIpc) is 2.27. The van der Waals surface area contributed by atoms with E-state index in [0.717, 1.165) is 5.56 Å². The van der Waals surface area contributed by atoms with E-state index in [1.165, 1.54) is 6.07 Å². The van der Waals surface area contributed by atoms with E-state index in [1.807, 2.05) is 6.07 Å². The van der Waals surface area contributed by atoms with Crippen molar-refractivity contribution in [1.29, 1.82) is 5.26 Å². The highest BCUT2D eigenvalue weighted by atomic mass is 16.4. The molecule has 0 fully saturated rings. The van der Waals surface area contributed by atoms with Gasteiger partial charge in [-0.05, 0) is 24.1 Å². The second-order valence-corrected chi connectivity index (χ2v) is 3.80. The molecule has 0 aliphatic carbocycles. The lowest BCUT2D eigenvalue weighted by Crippen LogP contribution is -2.21. The van der Waals surface area contributed by atoms with Gasteiger partial charge in [-0.1, -0.05) is 12.1 Å². The first-order chi connectivity index (χ1) is 7.95. The first-order valence-corrected chi connectivity index (χ1v) is 5.04. The maximum absolute atomic E-state index is 10.4. The summed E-state index contributed by atoms with van der Waals surface area (Å²) in [5, 5.41) is 36.5. The molecule has 2 atom stereocenters. The summed E-state index contributed by atoms with van der Waals surface area (Å²) in [6, 6.07) is 6.62. The van der Waals surface area contributed by atoms with Crippen LogP contribution in [0.4, 0.5) is 0 Å². The van der Waals surface area contributed by atoms with Gasteiger partial charge < -0.3 is 15.3 Å². The minimum atomic E-state index is -1.39. The molecule has 0 saturated carbocycles. The van der Waals surface area contributed by atoms with Gasteiger partial charge in [0.1, 0.15) is 6.10 Å². The summed E-state index contributed by atoms with van der Waals surface area (Å²) in [6.07, 6.45) is -3.24. The third-order valence-corrected chi connectivity index (χ3v) is 2.47. The number of aliphatic hydroxyl groups is 2. The molecule has 0 saturated heterocycles. The van der Waals surface area contributed by atoms with Crippen molar-refractivity contribution in [3.05, 3.63) is 34.9 Å². The zero-order valence-corrected chi connectivity index (χ0v) is 9.29. The van der Waals surface area contributed by atoms with Gasteiger partial charge in [0, 0.05) is 0 Å². The third kappa shape index (κ3) is 3.28. The van der Waals surface area contributed by atoms with Gasteiger partial charge in [0.05, 0.1) is 24.2 Å². The summed E-state index contributed by atoms with van der Waals surface area (Å²) >= 11 is 0. The van der Waals surface area contributed by atoms with Crippen LogP contribution in [0.2, 0.25) is 0 Å². The number of carboxylic acids is 1. The van der Waals surface area contributed by atoms with E-state index in [0.29, 0.717) is 11.1 Å². The van der Waals surface area contributed by atoms with Crippen molar-refractivity contribution in [3.63, 3.8) is 0 Å². The number of aryl methyl sites for hydroxylation is 1. The molecule has 1 rings (SSSR count). The third-order valence-electron chi connectivity index (χ3n) is 2.47. The van der Waals surface area contributed by atoms with E-state index in [2.05, 4.69) is 0 Å². The van der Waals surface area contributed by atoms with Crippen LogP contribution in [0, 0.1) is 18.3 Å². The number of benzene rings is 1. The molecule has 0 amide bonds. The number of hydrogen-bond acceptors (Lipinski definition) is 4. The summed E-state index contributed by atoms with van der Waals surface area (Å²) in [5.74, 6) is -1.19. The molecule has 0 spiro atoms. The van der Waals surface area contributed by atoms with Crippen molar-refractivity contribution in [2.75, 3.05) is 0 Å². The van der Waals surface area contributed by atoms with Crippen LogP contribution in [0.1, 0.15) is 29.2 Å². The molecule has 5 heteroatoms. The van der Waals surface area contributed by atoms with Crippen LogP contribution < -0.4 is 0 Å². The van der Waals surface area contributed by atoms with Gasteiger partial charge in [0.15, 0.2) is 0 Å². The largest absolute Gasteiger partial charge is 0.481 e. The minimum Gasteiger partial charge on any atom is -0.481 e. The molecular weight excluding hydrogens is 222 g/mol. The number of rotatable bonds is 4. The van der Waals surface area contributed by atoms with Crippen molar-refractivity contribution in [3.8, 4) is 6.07 Å². The topological polar surface area (TPSA) is 102 Å². The Morgan fingerprint density at radius 2 is 2.12 bits per heavy atom. The summed E-state index contributed by atoms with van der Waals surface area (Å²) in [4.78, 5) is 10.4. The molecule has 0 aliphatic heterocycles. The Bertz CT molecular complexity index is 464. The van der Waals surface area contributed by atoms with Crippen LogP contribution in [0.5, 0.6) is 0 Å². The highest BCUT2D eigenvalue weighted by molar-refractivity contribution is 5.67. The zero-order chi connectivity index (χ0) is 13.0. The van der Waals surface area contributed by atoms with E-state index in [9.17, 15) is 15.0 Å². The first-order valence-electron chi connectivity index (χ1n) is 5.04. The van der Waals surface area contributed by atoms with Crippen LogP contribution in [-0.2, 0) is 4.79 Å². The Kier molecular flexibility index (Phi) is 4.21. The number of aliphatic carboxylic acids is 1. The maximum atomic E-state index is 10.4. The number of nitriles is 1. The molecule has 0 aromatic heterocycles. The van der Waals surface area contributed by atoms with Crippen molar-refractivity contribution < 1.29 is 20.1 Å². The molecule has 2 unspecified atom stereocenters. The number of carbonyl (C=O) groups is 1. The SMILES string of the molecule is Cc1ccc(C(O)C(O)CC(=O)O)cc1C#N. The lowest BCUT2D eigenvalue weighted by molar-refractivity contribution is -0.141. The molecule has 3 N–H and O–H groups in total. The summed E-state index contributed by atoms with van der Waals surface area (Å²) in [6.45, 7) is 1.75. The van der Waals surface area contributed by atoms with Crippen LogP contribution in [0.15, 0.2) is 18.2 Å². The van der Waals surface area contributed by atoms with Crippen LogP contribution in [0.25, 0.3) is 0 Å². The van der Waals surface area contributed by atoms with Crippen LogP contribution in [0.3, 0.4) is 0 Å². The van der Waals surface area contributed by atoms with Gasteiger partial charge in [-0.2, -0.15) is 5.26 Å². The summed E-state index contributed by atoms with van der Waals surface area (Å²) in [5.41, 5.74) is 1.49. The Morgan fingerprint density at radius 3 is 2.65 bits per heavy atom. The second kappa shape index (κ2) is 5.43. The van der Waals surface area contributed by atoms with Gasteiger partial charge >= 0.3 is 5.97 Å². The van der Waals surface area contributed by atoms with E-state index in [-0.39, 0.29) is 0 Å². The van der Waals surface area contributed by atoms with Crippen LogP contribution in [-0.4, -0.2) is 27.4 Å². The Labute approximate surface area is 98.6 Å². The summed E-state index contributed by atoms with van der Waals surface area (Å²) < 4.78 is 0. The fourth-order valence-electron chi connectivity index (χ4n) is 1.46. The molecule has 0 bridgehead atoms. The smallest absolute Gasteiger partial charge is 0.306 e. The fourth-order valence-corrected chi connectivity index (χ4v) is 1.46. The Hall–Kier alpha value is -1.90. The lowest BCUT2D eigenvalue weighted by Gasteiger charge is -2.17. The number of hydrogen-bond donors (Lipinski definition) is 3. The van der Waals surface area contributed by atoms with Crippen molar-refractivity contribution >= 4 is 5.97 Å². The van der Waals surface area contributed by atoms with Crippen molar-refractivity contribution in [2.45, 2.75) is 25.6 Å². The fraction of sp³-hybridized carbons (Fsp3) is 0.333. The normalized spacial score (nSPS) is 13.8. The monoisotopic (exact) mass is 235 g/mol. The highest BCUT2D eigenvalue weighted by Crippen LogP contribution is 2.21. The first kappa shape index (κ1) is 13.2. The molecule has 1 aromatic carbocycles. The Balaban J connectivity index is 2.93. The maximum Gasteiger partial charge on any atom is 0.306 e. The van der Waals surface area contributed by atoms with Crippen molar-refractivity contribution in [1.82, 2.24) is 0 Å². The number of carboxylic acid groups (broad SMARTS) is 1. The van der Waals surface area contributed by atoms with Gasteiger partial charge in [0.25, 0.3) is 0 Å².